The lowest BCUT2D eigenvalue weighted by Crippen LogP contribution is -2.21. The number of hydrogen-bond acceptors (Lipinski definition) is 5. The lowest BCUT2D eigenvalue weighted by atomic mass is 10.1. The van der Waals surface area contributed by atoms with Gasteiger partial charge in [0, 0.05) is 16.2 Å². The van der Waals surface area contributed by atoms with Crippen molar-refractivity contribution >= 4 is 27.5 Å². The molecule has 1 aromatic heterocycles. The Morgan fingerprint density at radius 1 is 1.23 bits per heavy atom. The van der Waals surface area contributed by atoms with Gasteiger partial charge in [0.25, 0.3) is 5.91 Å². The minimum absolute atomic E-state index is 0.00325. The molecule has 26 heavy (non-hydrogen) atoms. The highest BCUT2D eigenvalue weighted by Crippen LogP contribution is 2.32. The van der Waals surface area contributed by atoms with Crippen LogP contribution in [0.3, 0.4) is 0 Å². The second kappa shape index (κ2) is 7.40. The van der Waals surface area contributed by atoms with Gasteiger partial charge in [0.2, 0.25) is 5.88 Å². The molecule has 0 fully saturated rings. The summed E-state index contributed by atoms with van der Waals surface area (Å²) in [7, 11) is 0. The summed E-state index contributed by atoms with van der Waals surface area (Å²) in [5, 5.41) is 2.49. The van der Waals surface area contributed by atoms with Crippen molar-refractivity contribution in [3.63, 3.8) is 0 Å². The van der Waals surface area contributed by atoms with Crippen LogP contribution in [0.5, 0.6) is 17.4 Å². The van der Waals surface area contributed by atoms with Crippen LogP contribution in [-0.2, 0) is 0 Å². The topological polar surface area (TPSA) is 69.7 Å². The maximum Gasteiger partial charge on any atom is 0.422 e. The maximum atomic E-state index is 12.4. The zero-order valence-corrected chi connectivity index (χ0v) is 14.7. The van der Waals surface area contributed by atoms with E-state index in [-0.39, 0.29) is 17.1 Å². The molecule has 0 radical (unpaired) electrons. The number of anilines is 1. The van der Waals surface area contributed by atoms with Crippen molar-refractivity contribution in [3.05, 3.63) is 40.5 Å². The molecule has 3 rings (SSSR count). The number of benzene rings is 1. The molecule has 0 aliphatic carbocycles. The zero-order valence-electron chi connectivity index (χ0n) is 13.1. The third-order valence-corrected chi connectivity index (χ3v) is 3.68. The number of pyridine rings is 1. The van der Waals surface area contributed by atoms with E-state index in [0.29, 0.717) is 29.2 Å². The van der Waals surface area contributed by atoms with Crippen LogP contribution >= 0.6 is 15.9 Å². The minimum Gasteiger partial charge on any atom is -0.486 e. The average molecular weight is 433 g/mol. The van der Waals surface area contributed by atoms with Crippen molar-refractivity contribution in [1.82, 2.24) is 4.98 Å². The van der Waals surface area contributed by atoms with Gasteiger partial charge in [-0.15, -0.1) is 0 Å². The number of carbonyl (C=O) groups is 1. The second-order valence-electron chi connectivity index (χ2n) is 5.22. The van der Waals surface area contributed by atoms with Crippen LogP contribution in [-0.4, -0.2) is 36.9 Å². The predicted molar refractivity (Wildman–Crippen MR) is 88.9 cm³/mol. The van der Waals surface area contributed by atoms with Gasteiger partial charge in [-0.05, 0) is 40.2 Å². The Kier molecular flexibility index (Phi) is 5.21. The molecule has 10 heteroatoms. The highest BCUT2D eigenvalue weighted by atomic mass is 79.9. The quantitative estimate of drug-likeness (QED) is 0.795. The van der Waals surface area contributed by atoms with E-state index in [0.717, 1.165) is 0 Å². The number of aromatic nitrogens is 1. The van der Waals surface area contributed by atoms with Gasteiger partial charge in [-0.1, -0.05) is 0 Å². The van der Waals surface area contributed by atoms with E-state index in [4.69, 9.17) is 9.47 Å². The molecule has 1 N–H and O–H groups in total. The van der Waals surface area contributed by atoms with E-state index in [1.165, 1.54) is 24.4 Å². The van der Waals surface area contributed by atoms with Gasteiger partial charge in [-0.2, -0.15) is 13.2 Å². The van der Waals surface area contributed by atoms with Crippen LogP contribution in [0.25, 0.3) is 0 Å². The van der Waals surface area contributed by atoms with Gasteiger partial charge in [0.1, 0.15) is 18.9 Å². The molecule has 1 aromatic carbocycles. The molecule has 2 aromatic rings. The van der Waals surface area contributed by atoms with E-state index >= 15 is 0 Å². The summed E-state index contributed by atoms with van der Waals surface area (Å²) in [5.41, 5.74) is 0.250. The predicted octanol–water partition coefficient (Wildman–Crippen LogP) is 3.81. The number of nitrogens with zero attached hydrogens (tertiary/aromatic N) is 1. The first-order valence-corrected chi connectivity index (χ1v) is 8.17. The largest absolute Gasteiger partial charge is 0.486 e. The summed E-state index contributed by atoms with van der Waals surface area (Å²) < 4.78 is 53.0. The Hall–Kier alpha value is -2.49. The van der Waals surface area contributed by atoms with E-state index in [9.17, 15) is 18.0 Å². The molecule has 1 aliphatic rings. The molecule has 1 amide bonds. The van der Waals surface area contributed by atoms with Crippen LogP contribution < -0.4 is 19.5 Å². The molecule has 0 bridgehead atoms. The van der Waals surface area contributed by atoms with Gasteiger partial charge in [0.15, 0.2) is 18.1 Å². The van der Waals surface area contributed by atoms with Crippen LogP contribution in [0.1, 0.15) is 10.4 Å². The smallest absolute Gasteiger partial charge is 0.422 e. The Morgan fingerprint density at radius 3 is 2.69 bits per heavy atom. The molecule has 0 unspecified atom stereocenters. The van der Waals surface area contributed by atoms with Crippen molar-refractivity contribution in [2.45, 2.75) is 6.18 Å². The summed E-state index contributed by atoms with van der Waals surface area (Å²) in [6, 6.07) is 5.99. The number of ether oxygens (including phenoxy) is 3. The summed E-state index contributed by atoms with van der Waals surface area (Å²) in [4.78, 5) is 16.2. The number of fused-ring (bicyclic) bond motifs is 1. The van der Waals surface area contributed by atoms with E-state index in [1.807, 2.05) is 0 Å². The highest BCUT2D eigenvalue weighted by molar-refractivity contribution is 9.10. The summed E-state index contributed by atoms with van der Waals surface area (Å²) >= 11 is 3.15. The summed E-state index contributed by atoms with van der Waals surface area (Å²) in [6.07, 6.45) is -3.25. The van der Waals surface area contributed by atoms with E-state index in [2.05, 4.69) is 31.0 Å². The fraction of sp³-hybridized carbons (Fsp3) is 0.250. The maximum absolute atomic E-state index is 12.4. The fourth-order valence-electron chi connectivity index (χ4n) is 2.16. The van der Waals surface area contributed by atoms with Crippen LogP contribution in [0.4, 0.5) is 18.9 Å². The van der Waals surface area contributed by atoms with Crippen LogP contribution in [0, 0.1) is 0 Å². The first kappa shape index (κ1) is 18.3. The average Bonchev–Trinajstić information content (AvgIpc) is 2.60. The molecule has 138 valence electrons. The third-order valence-electron chi connectivity index (χ3n) is 3.24. The lowest BCUT2D eigenvalue weighted by molar-refractivity contribution is -0.153. The highest BCUT2D eigenvalue weighted by Gasteiger charge is 2.29. The van der Waals surface area contributed by atoms with Crippen molar-refractivity contribution < 1.29 is 32.2 Å². The Labute approximate surface area is 154 Å². The van der Waals surface area contributed by atoms with Gasteiger partial charge in [0.05, 0.1) is 0 Å². The zero-order chi connectivity index (χ0) is 18.7. The normalized spacial score (nSPS) is 13.2. The Morgan fingerprint density at radius 2 is 1.96 bits per heavy atom. The Bertz CT molecular complexity index is 830. The van der Waals surface area contributed by atoms with E-state index in [1.54, 1.807) is 6.07 Å². The number of halogens is 4. The van der Waals surface area contributed by atoms with Crippen molar-refractivity contribution in [2.75, 3.05) is 25.1 Å². The SMILES string of the molecule is O=C(Nc1cc(Br)cnc1OCC(F)(F)F)c1ccc2c(c1)OCCO2. The van der Waals surface area contributed by atoms with Crippen LogP contribution in [0.2, 0.25) is 0 Å². The third kappa shape index (κ3) is 4.57. The number of amides is 1. The summed E-state index contributed by atoms with van der Waals surface area (Å²) in [5.74, 6) is 0.0473. The fourth-order valence-corrected chi connectivity index (χ4v) is 2.49. The first-order valence-electron chi connectivity index (χ1n) is 7.38. The second-order valence-corrected chi connectivity index (χ2v) is 6.14. The number of rotatable bonds is 4. The Balaban J connectivity index is 1.79. The lowest BCUT2D eigenvalue weighted by Gasteiger charge is -2.19. The number of hydrogen-bond donors (Lipinski definition) is 1. The number of carbonyl (C=O) groups excluding carboxylic acids is 1. The number of alkyl halides is 3. The van der Waals surface area contributed by atoms with Crippen molar-refractivity contribution in [2.24, 2.45) is 0 Å². The molecular formula is C16H12BrF3N2O4. The van der Waals surface area contributed by atoms with Crippen molar-refractivity contribution in [1.29, 1.82) is 0 Å². The molecule has 0 spiro atoms. The number of nitrogens with one attached hydrogen (secondary N) is 1. The molecule has 0 saturated carbocycles. The molecule has 2 heterocycles. The van der Waals surface area contributed by atoms with Gasteiger partial charge < -0.3 is 19.5 Å². The van der Waals surface area contributed by atoms with Gasteiger partial charge in [-0.3, -0.25) is 4.79 Å². The first-order chi connectivity index (χ1) is 12.3. The monoisotopic (exact) mass is 432 g/mol. The summed E-state index contributed by atoms with van der Waals surface area (Å²) in [6.45, 7) is -0.736. The standard InChI is InChI=1S/C16H12BrF3N2O4/c17-10-6-11(15(21-7-10)26-8-16(18,19)20)22-14(23)9-1-2-12-13(5-9)25-4-3-24-12/h1-2,5-7H,3-4,8H2,(H,22,23). The minimum atomic E-state index is -4.52. The molecule has 1 aliphatic heterocycles. The van der Waals surface area contributed by atoms with Gasteiger partial charge >= 0.3 is 6.18 Å². The van der Waals surface area contributed by atoms with Gasteiger partial charge in [-0.25, -0.2) is 4.98 Å². The van der Waals surface area contributed by atoms with Crippen molar-refractivity contribution in [3.8, 4) is 17.4 Å². The molecule has 0 saturated heterocycles. The molecular weight excluding hydrogens is 421 g/mol. The van der Waals surface area contributed by atoms with E-state index < -0.39 is 18.7 Å². The molecule has 6 nitrogen and oxygen atoms in total. The molecule has 0 atom stereocenters. The van der Waals surface area contributed by atoms with Crippen LogP contribution in [0.15, 0.2) is 34.9 Å².